The van der Waals surface area contributed by atoms with E-state index in [-0.39, 0.29) is 17.3 Å². The number of carbonyl (C=O) groups is 3. The van der Waals surface area contributed by atoms with Gasteiger partial charge in [0.1, 0.15) is 11.6 Å². The molecule has 2 aliphatic rings. The second-order valence-corrected chi connectivity index (χ2v) is 5.69. The van der Waals surface area contributed by atoms with E-state index in [1.54, 1.807) is 6.92 Å². The van der Waals surface area contributed by atoms with E-state index in [9.17, 15) is 14.4 Å². The summed E-state index contributed by atoms with van der Waals surface area (Å²) < 4.78 is 0. The summed E-state index contributed by atoms with van der Waals surface area (Å²) in [6.07, 6.45) is 4.37. The molecule has 2 aliphatic carbocycles. The molecule has 1 atom stereocenters. The van der Waals surface area contributed by atoms with Crippen molar-refractivity contribution in [2.75, 3.05) is 0 Å². The minimum atomic E-state index is -0.418. The van der Waals surface area contributed by atoms with Crippen molar-refractivity contribution in [3.05, 3.63) is 11.1 Å². The normalized spacial score (nSPS) is 28.3. The van der Waals surface area contributed by atoms with E-state index < -0.39 is 5.41 Å². The highest BCUT2D eigenvalue weighted by Crippen LogP contribution is 2.47. The number of Topliss-reactive ketones (excluding diaryl/α,β-unsaturated/α-hetero) is 3. The van der Waals surface area contributed by atoms with Gasteiger partial charge in [0.15, 0.2) is 5.78 Å². The van der Waals surface area contributed by atoms with Gasteiger partial charge >= 0.3 is 0 Å². The fraction of sp³-hybridized carbons (Fsp3) is 0.667. The quantitative estimate of drug-likeness (QED) is 0.771. The number of hydrogen-bond donors (Lipinski definition) is 0. The molecule has 0 aromatic heterocycles. The molecule has 1 unspecified atom stereocenters. The number of carbonyl (C=O) groups excluding carboxylic acids is 3. The Morgan fingerprint density at radius 3 is 2.61 bits per heavy atom. The Balaban J connectivity index is 2.36. The van der Waals surface area contributed by atoms with Crippen LogP contribution in [-0.4, -0.2) is 17.3 Å². The van der Waals surface area contributed by atoms with Crippen LogP contribution in [0.15, 0.2) is 11.1 Å². The van der Waals surface area contributed by atoms with Crippen molar-refractivity contribution >= 4 is 17.3 Å². The van der Waals surface area contributed by atoms with Crippen LogP contribution in [0, 0.1) is 5.41 Å². The Bertz CT molecular complexity index is 445. The van der Waals surface area contributed by atoms with E-state index in [1.165, 1.54) is 0 Å². The zero-order chi connectivity index (χ0) is 13.3. The molecule has 3 nitrogen and oxygen atoms in total. The second kappa shape index (κ2) is 4.79. The Morgan fingerprint density at radius 2 is 1.94 bits per heavy atom. The lowest BCUT2D eigenvalue weighted by molar-refractivity contribution is -0.129. The minimum absolute atomic E-state index is 0.102. The van der Waals surface area contributed by atoms with Crippen LogP contribution in [0.25, 0.3) is 0 Å². The van der Waals surface area contributed by atoms with Gasteiger partial charge in [0, 0.05) is 24.7 Å². The van der Waals surface area contributed by atoms with E-state index in [0.717, 1.165) is 24.0 Å². The smallest absolute Gasteiger partial charge is 0.158 e. The minimum Gasteiger partial charge on any atom is -0.300 e. The maximum Gasteiger partial charge on any atom is 0.158 e. The topological polar surface area (TPSA) is 51.2 Å². The zero-order valence-electron chi connectivity index (χ0n) is 11.2. The number of hydrogen-bond acceptors (Lipinski definition) is 3. The first-order valence-corrected chi connectivity index (χ1v) is 6.73. The SMILES string of the molecule is CC(=O)CCC1=C2CCCC(=O)C2(C)CCC1=O. The van der Waals surface area contributed by atoms with Crippen LogP contribution < -0.4 is 0 Å². The Hall–Kier alpha value is -1.25. The molecule has 3 heteroatoms. The lowest BCUT2D eigenvalue weighted by atomic mass is 9.62. The average Bonchev–Trinajstić information content (AvgIpc) is 2.31. The predicted molar refractivity (Wildman–Crippen MR) is 68.1 cm³/mol. The van der Waals surface area contributed by atoms with E-state index in [2.05, 4.69) is 0 Å². The van der Waals surface area contributed by atoms with Crippen LogP contribution in [-0.2, 0) is 14.4 Å². The first-order chi connectivity index (χ1) is 8.45. The van der Waals surface area contributed by atoms with Gasteiger partial charge in [-0.1, -0.05) is 5.57 Å². The number of rotatable bonds is 3. The third kappa shape index (κ3) is 2.18. The summed E-state index contributed by atoms with van der Waals surface area (Å²) in [4.78, 5) is 35.3. The first-order valence-electron chi connectivity index (χ1n) is 6.73. The van der Waals surface area contributed by atoms with E-state index >= 15 is 0 Å². The highest BCUT2D eigenvalue weighted by molar-refractivity contribution is 6.02. The van der Waals surface area contributed by atoms with Crippen molar-refractivity contribution in [3.8, 4) is 0 Å². The maximum absolute atomic E-state index is 12.1. The van der Waals surface area contributed by atoms with Gasteiger partial charge in [-0.05, 0) is 45.1 Å². The molecule has 1 fully saturated rings. The molecule has 0 amide bonds. The fourth-order valence-electron chi connectivity index (χ4n) is 3.19. The lowest BCUT2D eigenvalue weighted by Crippen LogP contribution is -2.38. The molecule has 1 saturated carbocycles. The fourth-order valence-corrected chi connectivity index (χ4v) is 3.19. The van der Waals surface area contributed by atoms with Crippen LogP contribution in [0.3, 0.4) is 0 Å². The van der Waals surface area contributed by atoms with Crippen molar-refractivity contribution in [1.82, 2.24) is 0 Å². The Kier molecular flexibility index (Phi) is 3.51. The molecule has 0 aromatic carbocycles. The number of allylic oxidation sites excluding steroid dienone is 2. The molecule has 0 radical (unpaired) electrons. The summed E-state index contributed by atoms with van der Waals surface area (Å²) in [6.45, 7) is 3.52. The molecule has 2 rings (SSSR count). The van der Waals surface area contributed by atoms with Gasteiger partial charge in [0.25, 0.3) is 0 Å². The second-order valence-electron chi connectivity index (χ2n) is 5.69. The van der Waals surface area contributed by atoms with Crippen molar-refractivity contribution in [3.63, 3.8) is 0 Å². The summed E-state index contributed by atoms with van der Waals surface area (Å²) in [5, 5.41) is 0. The number of fused-ring (bicyclic) bond motifs is 1. The van der Waals surface area contributed by atoms with Crippen LogP contribution in [0.1, 0.15) is 58.8 Å². The molecule has 0 N–H and O–H groups in total. The molecule has 0 spiro atoms. The molecule has 18 heavy (non-hydrogen) atoms. The van der Waals surface area contributed by atoms with Gasteiger partial charge in [-0.3, -0.25) is 9.59 Å². The third-order valence-corrected chi connectivity index (χ3v) is 4.39. The predicted octanol–water partition coefficient (Wildman–Crippen LogP) is 2.77. The van der Waals surface area contributed by atoms with Gasteiger partial charge < -0.3 is 4.79 Å². The summed E-state index contributed by atoms with van der Waals surface area (Å²) in [7, 11) is 0. The average molecular weight is 248 g/mol. The van der Waals surface area contributed by atoms with E-state index in [0.29, 0.717) is 32.1 Å². The molecule has 98 valence electrons. The van der Waals surface area contributed by atoms with Crippen LogP contribution >= 0.6 is 0 Å². The maximum atomic E-state index is 12.1. The van der Waals surface area contributed by atoms with Crippen molar-refractivity contribution in [2.24, 2.45) is 5.41 Å². The summed E-state index contributed by atoms with van der Waals surface area (Å²) >= 11 is 0. The van der Waals surface area contributed by atoms with E-state index in [1.807, 2.05) is 6.92 Å². The van der Waals surface area contributed by atoms with Crippen molar-refractivity contribution < 1.29 is 14.4 Å². The van der Waals surface area contributed by atoms with Crippen LogP contribution in [0.4, 0.5) is 0 Å². The van der Waals surface area contributed by atoms with Gasteiger partial charge in [0.2, 0.25) is 0 Å². The molecule has 0 aliphatic heterocycles. The molecule has 0 heterocycles. The van der Waals surface area contributed by atoms with Gasteiger partial charge in [-0.2, -0.15) is 0 Å². The molecule has 0 bridgehead atoms. The van der Waals surface area contributed by atoms with Crippen LogP contribution in [0.2, 0.25) is 0 Å². The van der Waals surface area contributed by atoms with E-state index in [4.69, 9.17) is 0 Å². The van der Waals surface area contributed by atoms with Crippen molar-refractivity contribution in [1.29, 1.82) is 0 Å². The van der Waals surface area contributed by atoms with Gasteiger partial charge in [-0.25, -0.2) is 0 Å². The largest absolute Gasteiger partial charge is 0.300 e. The number of ketones is 3. The summed E-state index contributed by atoms with van der Waals surface area (Å²) in [5.74, 6) is 0.528. The van der Waals surface area contributed by atoms with Crippen molar-refractivity contribution in [2.45, 2.75) is 58.8 Å². The highest BCUT2D eigenvalue weighted by Gasteiger charge is 2.44. The summed E-state index contributed by atoms with van der Waals surface area (Å²) in [6, 6.07) is 0. The van der Waals surface area contributed by atoms with Crippen LogP contribution in [0.5, 0.6) is 0 Å². The van der Waals surface area contributed by atoms with Gasteiger partial charge in [-0.15, -0.1) is 0 Å². The standard InChI is InChI=1S/C15H20O3/c1-10(16)6-7-11-12-4-3-5-14(18)15(12,2)9-8-13(11)17/h3-9H2,1-2H3. The highest BCUT2D eigenvalue weighted by atomic mass is 16.1. The molecule has 0 aromatic rings. The Morgan fingerprint density at radius 1 is 1.22 bits per heavy atom. The molecular weight excluding hydrogens is 228 g/mol. The zero-order valence-corrected chi connectivity index (χ0v) is 11.2. The first kappa shape index (κ1) is 13.2. The Labute approximate surface area is 108 Å². The molecule has 0 saturated heterocycles. The summed E-state index contributed by atoms with van der Waals surface area (Å²) in [5.41, 5.74) is 1.40. The molecular formula is C15H20O3. The monoisotopic (exact) mass is 248 g/mol. The lowest BCUT2D eigenvalue weighted by Gasteiger charge is -2.39. The third-order valence-electron chi connectivity index (χ3n) is 4.39. The van der Waals surface area contributed by atoms with Gasteiger partial charge in [0.05, 0.1) is 0 Å².